The zero-order valence-electron chi connectivity index (χ0n) is 17.5. The number of hydrogen-bond acceptors (Lipinski definition) is 4. The second-order valence-electron chi connectivity index (χ2n) is 7.16. The number of furan rings is 1. The smallest absolute Gasteiger partial charge is 0.273 e. The number of para-hydroxylation sites is 1. The van der Waals surface area contributed by atoms with Gasteiger partial charge in [-0.1, -0.05) is 48.5 Å². The summed E-state index contributed by atoms with van der Waals surface area (Å²) in [6, 6.07) is 18.9. The SMILES string of the molecule is Cc1oc(C)c(C(=O)NNC(=O)c2cn(-c3ccccc3)nc2-c2ccccc2)c1C. The van der Waals surface area contributed by atoms with Crippen LogP contribution >= 0.6 is 0 Å². The molecule has 0 aliphatic rings. The maximum Gasteiger partial charge on any atom is 0.273 e. The minimum Gasteiger partial charge on any atom is -0.466 e. The van der Waals surface area contributed by atoms with Crippen LogP contribution in [0.5, 0.6) is 0 Å². The third kappa shape index (κ3) is 3.98. The van der Waals surface area contributed by atoms with Gasteiger partial charge in [0, 0.05) is 17.3 Å². The summed E-state index contributed by atoms with van der Waals surface area (Å²) in [5.41, 5.74) is 8.62. The summed E-state index contributed by atoms with van der Waals surface area (Å²) in [5.74, 6) is 0.273. The highest BCUT2D eigenvalue weighted by atomic mass is 16.3. The molecule has 2 N–H and O–H groups in total. The molecule has 7 heteroatoms. The average Bonchev–Trinajstić information content (AvgIpc) is 3.34. The van der Waals surface area contributed by atoms with Gasteiger partial charge in [0.1, 0.15) is 17.2 Å². The first kappa shape index (κ1) is 20.2. The standard InChI is InChI=1S/C24H22N4O3/c1-15-16(2)31-17(3)21(15)24(30)26-25-23(29)20-14-28(19-12-8-5-9-13-19)27-22(20)18-10-6-4-7-11-18/h4-14H,1-3H3,(H,25,29)(H,26,30). The molecule has 4 rings (SSSR count). The predicted molar refractivity (Wildman–Crippen MR) is 117 cm³/mol. The Morgan fingerprint density at radius 3 is 2.06 bits per heavy atom. The van der Waals surface area contributed by atoms with Crippen LogP contribution in [0.3, 0.4) is 0 Å². The number of hydrogen-bond donors (Lipinski definition) is 2. The minimum atomic E-state index is -0.468. The van der Waals surface area contributed by atoms with Gasteiger partial charge in [-0.25, -0.2) is 4.68 Å². The topological polar surface area (TPSA) is 89.2 Å². The molecule has 0 saturated carbocycles. The number of hydrazine groups is 1. The van der Waals surface area contributed by atoms with Crippen molar-refractivity contribution in [3.63, 3.8) is 0 Å². The highest BCUT2D eigenvalue weighted by molar-refractivity contribution is 6.03. The molecule has 0 atom stereocenters. The van der Waals surface area contributed by atoms with Crippen LogP contribution in [0.2, 0.25) is 0 Å². The highest BCUT2D eigenvalue weighted by Crippen LogP contribution is 2.24. The van der Waals surface area contributed by atoms with Gasteiger partial charge in [-0.15, -0.1) is 0 Å². The number of rotatable bonds is 4. The Morgan fingerprint density at radius 2 is 1.45 bits per heavy atom. The van der Waals surface area contributed by atoms with Crippen molar-refractivity contribution in [2.24, 2.45) is 0 Å². The lowest BCUT2D eigenvalue weighted by atomic mass is 10.1. The van der Waals surface area contributed by atoms with Gasteiger partial charge < -0.3 is 4.42 Å². The first-order chi connectivity index (χ1) is 15.0. The lowest BCUT2D eigenvalue weighted by Gasteiger charge is -2.07. The fraction of sp³-hybridized carbons (Fsp3) is 0.125. The summed E-state index contributed by atoms with van der Waals surface area (Å²) in [6.07, 6.45) is 1.65. The molecule has 0 radical (unpaired) electrons. The van der Waals surface area contributed by atoms with E-state index in [1.807, 2.05) is 60.7 Å². The van der Waals surface area contributed by atoms with Crippen molar-refractivity contribution in [1.29, 1.82) is 0 Å². The molecule has 31 heavy (non-hydrogen) atoms. The molecule has 7 nitrogen and oxygen atoms in total. The molecule has 0 aliphatic heterocycles. The van der Waals surface area contributed by atoms with Gasteiger partial charge >= 0.3 is 0 Å². The Kier molecular flexibility index (Phi) is 5.41. The summed E-state index contributed by atoms with van der Waals surface area (Å²) in [4.78, 5) is 25.6. The number of carbonyl (C=O) groups is 2. The van der Waals surface area contributed by atoms with Gasteiger partial charge in [0.2, 0.25) is 0 Å². The molecular formula is C24H22N4O3. The number of aromatic nitrogens is 2. The molecule has 0 unspecified atom stereocenters. The monoisotopic (exact) mass is 414 g/mol. The van der Waals surface area contributed by atoms with Crippen molar-refractivity contribution in [1.82, 2.24) is 20.6 Å². The Morgan fingerprint density at radius 1 is 0.839 bits per heavy atom. The Bertz CT molecular complexity index is 1240. The van der Waals surface area contributed by atoms with Crippen LogP contribution in [0, 0.1) is 20.8 Å². The van der Waals surface area contributed by atoms with Gasteiger partial charge in [0.15, 0.2) is 0 Å². The van der Waals surface area contributed by atoms with Gasteiger partial charge in [-0.2, -0.15) is 5.10 Å². The number of nitrogens with zero attached hydrogens (tertiary/aromatic N) is 2. The molecular weight excluding hydrogens is 392 g/mol. The molecule has 0 spiro atoms. The molecule has 4 aromatic rings. The van der Waals surface area contributed by atoms with E-state index < -0.39 is 11.8 Å². The first-order valence-corrected chi connectivity index (χ1v) is 9.83. The van der Waals surface area contributed by atoms with Crippen LogP contribution in [0.15, 0.2) is 71.3 Å². The van der Waals surface area contributed by atoms with E-state index in [0.717, 1.165) is 16.8 Å². The van der Waals surface area contributed by atoms with E-state index in [1.54, 1.807) is 31.6 Å². The van der Waals surface area contributed by atoms with Gasteiger partial charge in [0.25, 0.3) is 11.8 Å². The largest absolute Gasteiger partial charge is 0.466 e. The van der Waals surface area contributed by atoms with Crippen LogP contribution in [0.25, 0.3) is 16.9 Å². The van der Waals surface area contributed by atoms with Crippen LogP contribution < -0.4 is 10.9 Å². The second kappa shape index (κ2) is 8.31. The van der Waals surface area contributed by atoms with E-state index >= 15 is 0 Å². The van der Waals surface area contributed by atoms with Crippen LogP contribution in [0.4, 0.5) is 0 Å². The van der Waals surface area contributed by atoms with Crippen molar-refractivity contribution in [2.45, 2.75) is 20.8 Å². The zero-order chi connectivity index (χ0) is 22.0. The quantitative estimate of drug-likeness (QED) is 0.492. The van der Waals surface area contributed by atoms with E-state index in [-0.39, 0.29) is 0 Å². The minimum absolute atomic E-state index is 0.340. The third-order valence-electron chi connectivity index (χ3n) is 5.10. The lowest BCUT2D eigenvalue weighted by molar-refractivity contribution is 0.0845. The predicted octanol–water partition coefficient (Wildman–Crippen LogP) is 4.13. The van der Waals surface area contributed by atoms with Crippen LogP contribution in [0.1, 0.15) is 37.8 Å². The fourth-order valence-corrected chi connectivity index (χ4v) is 3.43. The average molecular weight is 414 g/mol. The number of carbonyl (C=O) groups excluding carboxylic acids is 2. The molecule has 156 valence electrons. The van der Waals surface area contributed by atoms with Gasteiger partial charge in [-0.3, -0.25) is 20.4 Å². The van der Waals surface area contributed by atoms with Crippen molar-refractivity contribution < 1.29 is 14.0 Å². The number of nitrogens with one attached hydrogen (secondary N) is 2. The van der Waals surface area contributed by atoms with Gasteiger partial charge in [-0.05, 0) is 32.9 Å². The van der Waals surface area contributed by atoms with E-state index in [2.05, 4.69) is 16.0 Å². The number of aryl methyl sites for hydroxylation is 2. The zero-order valence-corrected chi connectivity index (χ0v) is 17.5. The summed E-state index contributed by atoms with van der Waals surface area (Å²) in [6.45, 7) is 5.32. The van der Waals surface area contributed by atoms with Crippen molar-refractivity contribution in [3.05, 3.63) is 95.1 Å². The van der Waals surface area contributed by atoms with E-state index in [1.165, 1.54) is 0 Å². The normalized spacial score (nSPS) is 10.7. The summed E-state index contributed by atoms with van der Waals surface area (Å²) < 4.78 is 7.15. The van der Waals surface area contributed by atoms with E-state index in [0.29, 0.717) is 28.3 Å². The van der Waals surface area contributed by atoms with Crippen molar-refractivity contribution >= 4 is 11.8 Å². The lowest BCUT2D eigenvalue weighted by Crippen LogP contribution is -2.42. The first-order valence-electron chi connectivity index (χ1n) is 9.83. The third-order valence-corrected chi connectivity index (χ3v) is 5.10. The summed E-state index contributed by atoms with van der Waals surface area (Å²) >= 11 is 0. The molecule has 0 fully saturated rings. The molecule has 0 saturated heterocycles. The maximum absolute atomic E-state index is 13.0. The Hall–Kier alpha value is -4.13. The maximum atomic E-state index is 13.0. The number of amides is 2. The van der Waals surface area contributed by atoms with Crippen molar-refractivity contribution in [3.8, 4) is 16.9 Å². The summed E-state index contributed by atoms with van der Waals surface area (Å²) in [5, 5.41) is 4.62. The highest BCUT2D eigenvalue weighted by Gasteiger charge is 2.22. The van der Waals surface area contributed by atoms with Crippen LogP contribution in [-0.2, 0) is 0 Å². The Balaban J connectivity index is 1.62. The van der Waals surface area contributed by atoms with E-state index in [4.69, 9.17) is 4.42 Å². The fourth-order valence-electron chi connectivity index (χ4n) is 3.43. The molecule has 0 bridgehead atoms. The Labute approximate surface area is 179 Å². The number of benzene rings is 2. The van der Waals surface area contributed by atoms with Gasteiger partial charge in [0.05, 0.1) is 16.8 Å². The molecule has 2 aromatic heterocycles. The van der Waals surface area contributed by atoms with Crippen molar-refractivity contribution in [2.75, 3.05) is 0 Å². The molecule has 2 aromatic carbocycles. The molecule has 0 aliphatic carbocycles. The second-order valence-corrected chi connectivity index (χ2v) is 7.16. The molecule has 2 amide bonds. The van der Waals surface area contributed by atoms with Crippen LogP contribution in [-0.4, -0.2) is 21.6 Å². The van der Waals surface area contributed by atoms with E-state index in [9.17, 15) is 9.59 Å². The molecule has 2 heterocycles. The summed E-state index contributed by atoms with van der Waals surface area (Å²) in [7, 11) is 0.